The van der Waals surface area contributed by atoms with Gasteiger partial charge in [0, 0.05) is 15.1 Å². The van der Waals surface area contributed by atoms with Gasteiger partial charge in [-0.2, -0.15) is 5.10 Å². The summed E-state index contributed by atoms with van der Waals surface area (Å²) in [4.78, 5) is 11.6. The number of carbonyl (C=O) groups is 1. The maximum atomic E-state index is 11.6. The molecule has 0 saturated carbocycles. The van der Waals surface area contributed by atoms with E-state index < -0.39 is 5.91 Å². The topological polar surface area (TPSA) is 70.9 Å². The number of nitrogens with zero attached hydrogens (tertiary/aromatic N) is 1. The molecule has 2 rings (SSSR count). The Hall–Kier alpha value is -1.76. The average molecular weight is 418 g/mol. The van der Waals surface area contributed by atoms with Gasteiger partial charge in [-0.3, -0.25) is 4.79 Å². The van der Waals surface area contributed by atoms with Crippen LogP contribution in [-0.4, -0.2) is 23.8 Å². The fourth-order valence-electron chi connectivity index (χ4n) is 1.57. The third-order valence-corrected chi connectivity index (χ3v) is 3.66. The Morgan fingerprint density at radius 3 is 2.83 bits per heavy atom. The van der Waals surface area contributed by atoms with Crippen molar-refractivity contribution in [2.75, 3.05) is 6.61 Å². The van der Waals surface area contributed by atoms with Crippen molar-refractivity contribution in [2.24, 2.45) is 5.10 Å². The van der Waals surface area contributed by atoms with Crippen LogP contribution in [0.5, 0.6) is 11.5 Å². The van der Waals surface area contributed by atoms with Gasteiger partial charge in [-0.05, 0) is 36.4 Å². The number of nitrogens with one attached hydrogen (secondary N) is 1. The summed E-state index contributed by atoms with van der Waals surface area (Å²) in [6, 6.07) is 9.56. The van der Waals surface area contributed by atoms with Gasteiger partial charge in [0.2, 0.25) is 0 Å². The number of carbonyl (C=O) groups excluding carboxylic acids is 1. The summed E-state index contributed by atoms with van der Waals surface area (Å²) in [6.45, 7) is -0.261. The molecule has 0 heterocycles. The largest absolute Gasteiger partial charge is 0.507 e. The quantitative estimate of drug-likeness (QED) is 0.570. The number of benzene rings is 2. The minimum Gasteiger partial charge on any atom is -0.507 e. The first-order chi connectivity index (χ1) is 11.0. The molecule has 2 aromatic rings. The minimum atomic E-state index is -0.471. The Labute approximate surface area is 151 Å². The summed E-state index contributed by atoms with van der Waals surface area (Å²) >= 11 is 15.0. The molecule has 1 amide bonds. The molecule has 0 aliphatic carbocycles. The van der Waals surface area contributed by atoms with Crippen LogP contribution in [0.15, 0.2) is 46.0 Å². The number of halogens is 3. The average Bonchev–Trinajstić information content (AvgIpc) is 2.50. The van der Waals surface area contributed by atoms with E-state index in [1.54, 1.807) is 24.3 Å². The van der Waals surface area contributed by atoms with Crippen molar-refractivity contribution in [1.82, 2.24) is 5.43 Å². The van der Waals surface area contributed by atoms with Crippen LogP contribution in [0, 0.1) is 0 Å². The molecule has 23 heavy (non-hydrogen) atoms. The van der Waals surface area contributed by atoms with Crippen molar-refractivity contribution < 1.29 is 14.6 Å². The molecule has 8 heteroatoms. The van der Waals surface area contributed by atoms with Crippen LogP contribution < -0.4 is 10.2 Å². The molecular weight excluding hydrogens is 407 g/mol. The summed E-state index contributed by atoms with van der Waals surface area (Å²) in [6.07, 6.45) is 1.33. The number of hydrogen-bond donors (Lipinski definition) is 2. The Bertz CT molecular complexity index is 753. The molecule has 0 spiro atoms. The van der Waals surface area contributed by atoms with Gasteiger partial charge >= 0.3 is 0 Å². The maximum Gasteiger partial charge on any atom is 0.277 e. The zero-order chi connectivity index (χ0) is 16.8. The molecule has 0 aliphatic heterocycles. The van der Waals surface area contributed by atoms with E-state index in [0.717, 1.165) is 4.47 Å². The molecule has 2 N–H and O–H groups in total. The summed E-state index contributed by atoms with van der Waals surface area (Å²) in [7, 11) is 0. The second-order valence-electron chi connectivity index (χ2n) is 4.36. The molecule has 0 aromatic heterocycles. The van der Waals surface area contributed by atoms with Crippen LogP contribution in [0.3, 0.4) is 0 Å². The SMILES string of the molecule is O=C(COc1ccc(Cl)cc1Cl)N/N=C\c1cc(Br)ccc1O. The number of aromatic hydroxyl groups is 1. The Kier molecular flexibility index (Phi) is 6.27. The van der Waals surface area contributed by atoms with E-state index in [1.807, 2.05) is 0 Å². The third-order valence-electron chi connectivity index (χ3n) is 2.64. The van der Waals surface area contributed by atoms with E-state index >= 15 is 0 Å². The van der Waals surface area contributed by atoms with Gasteiger partial charge in [-0.25, -0.2) is 5.43 Å². The van der Waals surface area contributed by atoms with Gasteiger partial charge in [-0.1, -0.05) is 39.1 Å². The molecule has 0 bridgehead atoms. The van der Waals surface area contributed by atoms with Crippen LogP contribution in [-0.2, 0) is 4.79 Å². The molecule has 0 unspecified atom stereocenters. The number of phenolic OH excluding ortho intramolecular Hbond substituents is 1. The van der Waals surface area contributed by atoms with Gasteiger partial charge in [0.15, 0.2) is 6.61 Å². The Balaban J connectivity index is 1.87. The summed E-state index contributed by atoms with van der Waals surface area (Å²) in [5, 5.41) is 14.2. The van der Waals surface area contributed by atoms with E-state index in [2.05, 4.69) is 26.5 Å². The van der Waals surface area contributed by atoms with Crippen molar-refractivity contribution in [2.45, 2.75) is 0 Å². The second-order valence-corrected chi connectivity index (χ2v) is 6.12. The Morgan fingerprint density at radius 2 is 2.09 bits per heavy atom. The van der Waals surface area contributed by atoms with Gasteiger partial charge in [0.05, 0.1) is 11.2 Å². The predicted octanol–water partition coefficient (Wildman–Crippen LogP) is 3.99. The first kappa shape index (κ1) is 17.6. The van der Waals surface area contributed by atoms with E-state index in [1.165, 1.54) is 18.3 Å². The fraction of sp³-hybridized carbons (Fsp3) is 0.0667. The van der Waals surface area contributed by atoms with Gasteiger partial charge in [0.1, 0.15) is 11.5 Å². The highest BCUT2D eigenvalue weighted by molar-refractivity contribution is 9.10. The summed E-state index contributed by atoms with van der Waals surface area (Å²) < 4.78 is 6.05. The van der Waals surface area contributed by atoms with Crippen molar-refractivity contribution in [1.29, 1.82) is 0 Å². The number of ether oxygens (including phenoxy) is 1. The first-order valence-corrected chi connectivity index (χ1v) is 7.89. The van der Waals surface area contributed by atoms with Crippen LogP contribution in [0.1, 0.15) is 5.56 Å². The summed E-state index contributed by atoms with van der Waals surface area (Å²) in [5.41, 5.74) is 2.75. The minimum absolute atomic E-state index is 0.0513. The number of phenols is 1. The Morgan fingerprint density at radius 1 is 1.30 bits per heavy atom. The number of hydrazone groups is 1. The van der Waals surface area contributed by atoms with E-state index in [0.29, 0.717) is 21.4 Å². The lowest BCUT2D eigenvalue weighted by Gasteiger charge is -2.07. The third kappa shape index (κ3) is 5.42. The molecular formula is C15H11BrCl2N2O3. The van der Waals surface area contributed by atoms with Gasteiger partial charge in [-0.15, -0.1) is 0 Å². The smallest absolute Gasteiger partial charge is 0.277 e. The lowest BCUT2D eigenvalue weighted by Crippen LogP contribution is -2.24. The lowest BCUT2D eigenvalue weighted by molar-refractivity contribution is -0.123. The molecule has 0 aliphatic rings. The predicted molar refractivity (Wildman–Crippen MR) is 93.5 cm³/mol. The monoisotopic (exact) mass is 416 g/mol. The summed E-state index contributed by atoms with van der Waals surface area (Å²) in [5.74, 6) is -0.0722. The fourth-order valence-corrected chi connectivity index (χ4v) is 2.41. The lowest BCUT2D eigenvalue weighted by atomic mass is 10.2. The number of hydrogen-bond acceptors (Lipinski definition) is 4. The highest BCUT2D eigenvalue weighted by atomic mass is 79.9. The van der Waals surface area contributed by atoms with Crippen molar-refractivity contribution in [3.63, 3.8) is 0 Å². The maximum absolute atomic E-state index is 11.6. The van der Waals surface area contributed by atoms with Crippen molar-refractivity contribution in [3.05, 3.63) is 56.5 Å². The molecule has 0 fully saturated rings. The highest BCUT2D eigenvalue weighted by Gasteiger charge is 2.06. The van der Waals surface area contributed by atoms with E-state index in [4.69, 9.17) is 27.9 Å². The molecule has 2 aromatic carbocycles. The van der Waals surface area contributed by atoms with E-state index in [9.17, 15) is 9.90 Å². The van der Waals surface area contributed by atoms with Crippen LogP contribution >= 0.6 is 39.1 Å². The zero-order valence-electron chi connectivity index (χ0n) is 11.6. The molecule has 120 valence electrons. The standard InChI is InChI=1S/C15H11BrCl2N2O3/c16-10-1-3-13(21)9(5-10)7-19-20-15(22)8-23-14-4-2-11(17)6-12(14)18/h1-7,21H,8H2,(H,20,22)/b19-7-. The van der Waals surface area contributed by atoms with E-state index in [-0.39, 0.29) is 12.4 Å². The molecule has 0 atom stereocenters. The molecule has 0 saturated heterocycles. The van der Waals surface area contributed by atoms with Crippen molar-refractivity contribution in [3.8, 4) is 11.5 Å². The van der Waals surface area contributed by atoms with Crippen molar-refractivity contribution >= 4 is 51.3 Å². The van der Waals surface area contributed by atoms with Crippen LogP contribution in [0.25, 0.3) is 0 Å². The number of amides is 1. The molecule has 0 radical (unpaired) electrons. The first-order valence-electron chi connectivity index (χ1n) is 6.34. The van der Waals surface area contributed by atoms with Crippen LogP contribution in [0.4, 0.5) is 0 Å². The highest BCUT2D eigenvalue weighted by Crippen LogP contribution is 2.27. The normalized spacial score (nSPS) is 10.7. The van der Waals surface area contributed by atoms with Gasteiger partial charge in [0.25, 0.3) is 5.91 Å². The van der Waals surface area contributed by atoms with Crippen LogP contribution in [0.2, 0.25) is 10.0 Å². The zero-order valence-corrected chi connectivity index (χ0v) is 14.7. The second kappa shape index (κ2) is 8.19. The molecule has 5 nitrogen and oxygen atoms in total. The van der Waals surface area contributed by atoms with Gasteiger partial charge < -0.3 is 9.84 Å². The number of rotatable bonds is 5.